The molecule has 0 aliphatic rings. The molecule has 0 aliphatic carbocycles. The number of hydrogen-bond acceptors (Lipinski definition) is 4. The van der Waals surface area contributed by atoms with E-state index < -0.39 is 18.4 Å². The van der Waals surface area contributed by atoms with Crippen LogP contribution < -0.4 is 0 Å². The van der Waals surface area contributed by atoms with Crippen molar-refractivity contribution in [3.8, 4) is 0 Å². The molecule has 39 heavy (non-hydrogen) atoms. The predicted octanol–water partition coefficient (Wildman–Crippen LogP) is 8.70. The molecule has 0 bridgehead atoms. The molecule has 4 aromatic rings. The van der Waals surface area contributed by atoms with Gasteiger partial charge in [-0.25, -0.2) is 0 Å². The van der Waals surface area contributed by atoms with Crippen LogP contribution in [0.4, 0.5) is 9.59 Å². The number of hydrogen-bond donors (Lipinski definition) is 2. The molecule has 6 nitrogen and oxygen atoms in total. The molecule has 0 fully saturated rings. The Hall–Kier alpha value is -2.74. The van der Waals surface area contributed by atoms with Crippen molar-refractivity contribution in [1.82, 2.24) is 9.97 Å². The number of carbonyl (C=O) groups excluding carboxylic acids is 2. The van der Waals surface area contributed by atoms with Crippen LogP contribution in [0.15, 0.2) is 60.9 Å². The Kier molecular flexibility index (Phi) is 10.9. The van der Waals surface area contributed by atoms with Crippen LogP contribution in [0.3, 0.4) is 0 Å². The van der Waals surface area contributed by atoms with Crippen LogP contribution in [-0.2, 0) is 22.3 Å². The molecule has 0 radical (unpaired) electrons. The number of aryl methyl sites for hydroxylation is 2. The number of benzene rings is 2. The van der Waals surface area contributed by atoms with Crippen LogP contribution in [0, 0.1) is 0 Å². The molecule has 0 atom stereocenters. The number of para-hydroxylation sites is 2. The van der Waals surface area contributed by atoms with E-state index >= 15 is 0 Å². The van der Waals surface area contributed by atoms with E-state index in [1.165, 1.54) is 21.9 Å². The number of ether oxygens (including phenoxy) is 2. The zero-order valence-corrected chi connectivity index (χ0v) is 26.2. The van der Waals surface area contributed by atoms with Gasteiger partial charge in [-0.2, -0.15) is 0 Å². The van der Waals surface area contributed by atoms with E-state index in [1.54, 1.807) is 0 Å². The second-order valence-corrected chi connectivity index (χ2v) is 21.8. The molecule has 208 valence electrons. The summed E-state index contributed by atoms with van der Waals surface area (Å²) in [5.41, 5.74) is 4.68. The molecule has 2 aromatic carbocycles. The Morgan fingerprint density at radius 3 is 1.54 bits per heavy atom. The van der Waals surface area contributed by atoms with Gasteiger partial charge in [0.1, 0.15) is 0 Å². The van der Waals surface area contributed by atoms with Crippen molar-refractivity contribution >= 4 is 48.2 Å². The maximum atomic E-state index is 13.6. The monoisotopic (exact) mass is 638 g/mol. The van der Waals surface area contributed by atoms with Crippen molar-refractivity contribution in [2.24, 2.45) is 0 Å². The summed E-state index contributed by atoms with van der Waals surface area (Å²) in [7, 11) is 0. The summed E-state index contributed by atoms with van der Waals surface area (Å²) in [4.78, 5) is 33.8. The molecule has 0 unspecified atom stereocenters. The third-order valence-corrected chi connectivity index (χ3v) is 19.9. The van der Waals surface area contributed by atoms with E-state index in [1.807, 2.05) is 36.7 Å². The zero-order valence-electron chi connectivity index (χ0n) is 23.4. The van der Waals surface area contributed by atoms with Gasteiger partial charge in [0.2, 0.25) is 0 Å². The minimum absolute atomic E-state index is 0.216. The van der Waals surface area contributed by atoms with Crippen molar-refractivity contribution in [1.29, 1.82) is 0 Å². The SMILES string of the molecule is CCC[CH2][Sn]([CH2]CCC)([C](=O)OCCCc1c[nH]c2ccccc12)[C](=O)OCCCc1c[nH]c2ccccc12. The molecule has 2 aromatic heterocycles. The van der Waals surface area contributed by atoms with E-state index in [2.05, 4.69) is 48.1 Å². The van der Waals surface area contributed by atoms with Gasteiger partial charge in [-0.15, -0.1) is 0 Å². The molecule has 0 spiro atoms. The molecule has 4 rings (SSSR count). The molecule has 0 saturated carbocycles. The maximum absolute atomic E-state index is 13.6. The molecule has 0 saturated heterocycles. The first kappa shape index (κ1) is 29.2. The Morgan fingerprint density at radius 1 is 0.667 bits per heavy atom. The number of H-pyrrole nitrogens is 2. The van der Waals surface area contributed by atoms with Crippen molar-refractivity contribution in [2.75, 3.05) is 13.2 Å². The van der Waals surface area contributed by atoms with Gasteiger partial charge in [-0.3, -0.25) is 0 Å². The van der Waals surface area contributed by atoms with Crippen molar-refractivity contribution in [3.05, 3.63) is 72.1 Å². The van der Waals surface area contributed by atoms with Gasteiger partial charge in [0.05, 0.1) is 0 Å². The number of aromatic amines is 2. The fraction of sp³-hybridized carbons (Fsp3) is 0.438. The van der Waals surface area contributed by atoms with E-state index in [4.69, 9.17) is 9.47 Å². The zero-order chi connectivity index (χ0) is 27.5. The molecule has 2 heterocycles. The Balaban J connectivity index is 1.34. The molecule has 0 amide bonds. The Labute approximate surface area is 235 Å². The number of fused-ring (bicyclic) bond motifs is 2. The van der Waals surface area contributed by atoms with Gasteiger partial charge in [0, 0.05) is 0 Å². The van der Waals surface area contributed by atoms with Crippen molar-refractivity contribution < 1.29 is 19.1 Å². The summed E-state index contributed by atoms with van der Waals surface area (Å²) in [6.45, 7) is 4.89. The van der Waals surface area contributed by atoms with Gasteiger partial charge in [-0.1, -0.05) is 0 Å². The standard InChI is InChI=1S/2C12H12NO2.2C4H9.Sn/c2*14-9-15-7-3-4-10-8-13-12-6-2-1-5-11(10)12;2*1-3-4-2;/h2*1-2,5-6,8,13H,3-4,7H2;2*1,3-4H2,2H3;. The first-order valence-electron chi connectivity index (χ1n) is 14.5. The average Bonchev–Trinajstić information content (AvgIpc) is 3.57. The van der Waals surface area contributed by atoms with Crippen LogP contribution in [0.25, 0.3) is 21.8 Å². The van der Waals surface area contributed by atoms with E-state index in [0.29, 0.717) is 22.1 Å². The van der Waals surface area contributed by atoms with Crippen molar-refractivity contribution in [3.63, 3.8) is 0 Å². The van der Waals surface area contributed by atoms with Gasteiger partial charge < -0.3 is 0 Å². The second kappa shape index (κ2) is 14.6. The first-order valence-corrected chi connectivity index (χ1v) is 21.4. The number of nitrogens with one attached hydrogen (secondary N) is 2. The molecule has 2 N–H and O–H groups in total. The fourth-order valence-corrected chi connectivity index (χ4v) is 16.5. The van der Waals surface area contributed by atoms with Crippen LogP contribution >= 0.6 is 0 Å². The van der Waals surface area contributed by atoms with Gasteiger partial charge >= 0.3 is 237 Å². The number of aromatic nitrogens is 2. The quantitative estimate of drug-likeness (QED) is 0.0951. The molecular formula is C32H42N2O4Sn. The summed E-state index contributed by atoms with van der Waals surface area (Å²) < 4.78 is 12.7. The summed E-state index contributed by atoms with van der Waals surface area (Å²) in [6, 6.07) is 16.5. The summed E-state index contributed by atoms with van der Waals surface area (Å²) >= 11 is -4.06. The van der Waals surface area contributed by atoms with E-state index in [9.17, 15) is 9.59 Å². The summed E-state index contributed by atoms with van der Waals surface area (Å²) in [6.07, 6.45) is 10.8. The van der Waals surface area contributed by atoms with Gasteiger partial charge in [0.25, 0.3) is 0 Å². The van der Waals surface area contributed by atoms with E-state index in [0.717, 1.165) is 62.4 Å². The Morgan fingerprint density at radius 2 is 1.10 bits per heavy atom. The molecule has 7 heteroatoms. The summed E-state index contributed by atoms with van der Waals surface area (Å²) in [5.74, 6) is 0. The normalized spacial score (nSPS) is 11.7. The molecule has 0 aliphatic heterocycles. The number of carbonyl (C=O) groups is 2. The molecular weight excluding hydrogens is 595 g/mol. The van der Waals surface area contributed by atoms with Crippen LogP contribution in [0.2, 0.25) is 8.87 Å². The Bertz CT molecular complexity index is 1250. The third-order valence-electron chi connectivity index (χ3n) is 7.69. The minimum atomic E-state index is -4.06. The van der Waals surface area contributed by atoms with E-state index in [-0.39, 0.29) is 7.97 Å². The third kappa shape index (κ3) is 7.27. The number of rotatable bonds is 16. The van der Waals surface area contributed by atoms with Crippen molar-refractivity contribution in [2.45, 2.75) is 74.1 Å². The summed E-state index contributed by atoms with van der Waals surface area (Å²) in [5, 5.41) is 2.42. The van der Waals surface area contributed by atoms with Crippen LogP contribution in [0.5, 0.6) is 0 Å². The van der Waals surface area contributed by atoms with Gasteiger partial charge in [0.15, 0.2) is 0 Å². The average molecular weight is 637 g/mol. The number of unbranched alkanes of at least 4 members (excludes halogenated alkanes) is 2. The fourth-order valence-electron chi connectivity index (χ4n) is 5.38. The van der Waals surface area contributed by atoms with Crippen LogP contribution in [0.1, 0.15) is 63.5 Å². The second-order valence-electron chi connectivity index (χ2n) is 10.5. The predicted molar refractivity (Wildman–Crippen MR) is 161 cm³/mol. The van der Waals surface area contributed by atoms with Gasteiger partial charge in [-0.05, 0) is 0 Å². The topological polar surface area (TPSA) is 84.2 Å². The first-order chi connectivity index (χ1) is 19.1. The van der Waals surface area contributed by atoms with Crippen LogP contribution in [-0.4, -0.2) is 49.5 Å².